The molecule has 0 aliphatic carbocycles. The fourth-order valence-electron chi connectivity index (χ4n) is 1.31. The largest absolute Gasteiger partial charge is 0.383 e. The summed E-state index contributed by atoms with van der Waals surface area (Å²) < 4.78 is 32.2. The third kappa shape index (κ3) is 4.27. The highest BCUT2D eigenvalue weighted by Crippen LogP contribution is 2.07. The van der Waals surface area contributed by atoms with E-state index in [1.807, 2.05) is 0 Å². The van der Waals surface area contributed by atoms with Crippen molar-refractivity contribution in [1.82, 2.24) is 14.5 Å². The molecule has 0 saturated heterocycles. The fourth-order valence-corrected chi connectivity index (χ4v) is 2.72. The van der Waals surface area contributed by atoms with Crippen molar-refractivity contribution in [2.24, 2.45) is 7.05 Å². The van der Waals surface area contributed by atoms with Crippen LogP contribution in [-0.2, 0) is 21.8 Å². The summed E-state index contributed by atoms with van der Waals surface area (Å²) in [5.41, 5.74) is 0. The molecular weight excluding hydrogens is 266 g/mol. The minimum absolute atomic E-state index is 0.135. The fraction of sp³-hybridized carbons (Fsp3) is 0.667. The van der Waals surface area contributed by atoms with Gasteiger partial charge < -0.3 is 4.74 Å². The van der Waals surface area contributed by atoms with Gasteiger partial charge in [-0.05, 0) is 12.5 Å². The van der Waals surface area contributed by atoms with Crippen LogP contribution in [0, 0.1) is 0 Å². The van der Waals surface area contributed by atoms with Crippen molar-refractivity contribution in [3.05, 3.63) is 12.3 Å². The summed E-state index contributed by atoms with van der Waals surface area (Å²) >= 11 is 5.89. The molecule has 1 rings (SSSR count). The first-order chi connectivity index (χ1) is 7.97. The molecule has 6 nitrogen and oxygen atoms in total. The van der Waals surface area contributed by atoms with Crippen LogP contribution in [0.25, 0.3) is 0 Å². The molecule has 1 unspecified atom stereocenters. The van der Waals surface area contributed by atoms with Crippen LogP contribution in [0.4, 0.5) is 0 Å². The van der Waals surface area contributed by atoms with E-state index in [4.69, 9.17) is 16.3 Å². The van der Waals surface area contributed by atoms with E-state index in [9.17, 15) is 8.42 Å². The molecule has 1 N–H and O–H groups in total. The number of hydrogen-bond acceptors (Lipinski definition) is 4. The number of aryl methyl sites for hydroxylation is 1. The topological polar surface area (TPSA) is 73.2 Å². The molecule has 0 fully saturated rings. The van der Waals surface area contributed by atoms with Crippen molar-refractivity contribution in [1.29, 1.82) is 0 Å². The molecule has 0 radical (unpaired) electrons. The number of rotatable bonds is 7. The number of methoxy groups -OCH3 is 1. The number of halogens is 1. The summed E-state index contributed by atoms with van der Waals surface area (Å²) in [6, 6.07) is 1.44. The van der Waals surface area contributed by atoms with Gasteiger partial charge in [-0.15, -0.1) is 11.6 Å². The Morgan fingerprint density at radius 2 is 2.35 bits per heavy atom. The second-order valence-electron chi connectivity index (χ2n) is 3.53. The molecule has 1 atom stereocenters. The van der Waals surface area contributed by atoms with Crippen molar-refractivity contribution in [3.63, 3.8) is 0 Å². The number of sulfonamides is 1. The van der Waals surface area contributed by atoms with Crippen LogP contribution >= 0.6 is 11.6 Å². The van der Waals surface area contributed by atoms with Gasteiger partial charge in [0.05, 0.1) is 18.2 Å². The standard InChI is InChI=1S/C9H16ClN3O3S/c1-13-9(4-5-11-13)17(14,15)12-6-3-8(10)7-16-2/h4-5,8,12H,3,6-7H2,1-2H3. The molecular formula is C9H16ClN3O3S. The maximum atomic E-state index is 11.8. The van der Waals surface area contributed by atoms with Gasteiger partial charge in [-0.25, -0.2) is 13.1 Å². The first-order valence-electron chi connectivity index (χ1n) is 5.08. The van der Waals surface area contributed by atoms with E-state index in [1.54, 1.807) is 14.2 Å². The monoisotopic (exact) mass is 281 g/mol. The van der Waals surface area contributed by atoms with Crippen molar-refractivity contribution < 1.29 is 13.2 Å². The minimum atomic E-state index is -3.51. The highest BCUT2D eigenvalue weighted by atomic mass is 35.5. The SMILES string of the molecule is COCC(Cl)CCNS(=O)(=O)c1ccnn1C. The molecule has 0 spiro atoms. The smallest absolute Gasteiger partial charge is 0.257 e. The zero-order valence-electron chi connectivity index (χ0n) is 9.76. The maximum Gasteiger partial charge on any atom is 0.257 e. The molecule has 0 aromatic carbocycles. The Labute approximate surface area is 106 Å². The molecule has 0 aliphatic rings. The third-order valence-electron chi connectivity index (χ3n) is 2.15. The number of nitrogens with one attached hydrogen (secondary N) is 1. The highest BCUT2D eigenvalue weighted by Gasteiger charge is 2.17. The maximum absolute atomic E-state index is 11.8. The summed E-state index contributed by atoms with van der Waals surface area (Å²) in [6.07, 6.45) is 1.94. The summed E-state index contributed by atoms with van der Waals surface area (Å²) in [7, 11) is -0.383. The van der Waals surface area contributed by atoms with Crippen LogP contribution < -0.4 is 4.72 Å². The molecule has 0 aliphatic heterocycles. The molecule has 8 heteroatoms. The van der Waals surface area contributed by atoms with E-state index in [0.29, 0.717) is 13.0 Å². The lowest BCUT2D eigenvalue weighted by atomic mass is 10.3. The Morgan fingerprint density at radius 1 is 1.65 bits per heavy atom. The number of hydrogen-bond donors (Lipinski definition) is 1. The molecule has 1 heterocycles. The van der Waals surface area contributed by atoms with E-state index in [0.717, 1.165) is 0 Å². The zero-order valence-corrected chi connectivity index (χ0v) is 11.3. The van der Waals surface area contributed by atoms with Crippen LogP contribution in [-0.4, -0.2) is 43.8 Å². The molecule has 17 heavy (non-hydrogen) atoms. The van der Waals surface area contributed by atoms with Gasteiger partial charge in [-0.2, -0.15) is 5.10 Å². The van der Waals surface area contributed by atoms with E-state index < -0.39 is 10.0 Å². The average molecular weight is 282 g/mol. The summed E-state index contributed by atoms with van der Waals surface area (Å²) in [5.74, 6) is 0. The molecule has 0 saturated carbocycles. The predicted molar refractivity (Wildman–Crippen MR) is 64.5 cm³/mol. The molecule has 0 bridgehead atoms. The Hall–Kier alpha value is -0.630. The lowest BCUT2D eigenvalue weighted by Gasteiger charge is -2.09. The minimum Gasteiger partial charge on any atom is -0.383 e. The van der Waals surface area contributed by atoms with Crippen LogP contribution in [0.1, 0.15) is 6.42 Å². The second kappa shape index (κ2) is 6.34. The molecule has 98 valence electrons. The number of ether oxygens (including phenoxy) is 1. The normalized spacial score (nSPS) is 13.8. The Kier molecular flexibility index (Phi) is 5.38. The van der Waals surface area contributed by atoms with Crippen LogP contribution in [0.2, 0.25) is 0 Å². The first kappa shape index (κ1) is 14.4. The quantitative estimate of drug-likeness (QED) is 0.732. The van der Waals surface area contributed by atoms with Gasteiger partial charge in [0.1, 0.15) is 0 Å². The molecule has 0 amide bonds. The molecule has 1 aromatic rings. The van der Waals surface area contributed by atoms with Crippen molar-refractivity contribution in [2.75, 3.05) is 20.3 Å². The van der Waals surface area contributed by atoms with Gasteiger partial charge in [-0.1, -0.05) is 0 Å². The van der Waals surface area contributed by atoms with Crippen molar-refractivity contribution in [3.8, 4) is 0 Å². The number of alkyl halides is 1. The Balaban J connectivity index is 2.49. The van der Waals surface area contributed by atoms with Gasteiger partial charge >= 0.3 is 0 Å². The average Bonchev–Trinajstić information content (AvgIpc) is 2.65. The second-order valence-corrected chi connectivity index (χ2v) is 5.86. The number of aromatic nitrogens is 2. The summed E-state index contributed by atoms with van der Waals surface area (Å²) in [6.45, 7) is 0.667. The van der Waals surface area contributed by atoms with Crippen molar-refractivity contribution in [2.45, 2.75) is 16.8 Å². The molecule has 1 aromatic heterocycles. The first-order valence-corrected chi connectivity index (χ1v) is 7.00. The summed E-state index contributed by atoms with van der Waals surface area (Å²) in [4.78, 5) is 0. The Morgan fingerprint density at radius 3 is 2.88 bits per heavy atom. The van der Waals surface area contributed by atoms with Crippen LogP contribution in [0.5, 0.6) is 0 Å². The van der Waals surface area contributed by atoms with Crippen LogP contribution in [0.3, 0.4) is 0 Å². The lowest BCUT2D eigenvalue weighted by Crippen LogP contribution is -2.28. The van der Waals surface area contributed by atoms with Gasteiger partial charge in [0.15, 0.2) is 5.03 Å². The Bertz CT molecular complexity index is 446. The van der Waals surface area contributed by atoms with E-state index in [2.05, 4.69) is 9.82 Å². The van der Waals surface area contributed by atoms with Gasteiger partial charge in [0, 0.05) is 20.7 Å². The van der Waals surface area contributed by atoms with Gasteiger partial charge in [0.25, 0.3) is 10.0 Å². The van der Waals surface area contributed by atoms with Gasteiger partial charge in [-0.3, -0.25) is 4.68 Å². The highest BCUT2D eigenvalue weighted by molar-refractivity contribution is 7.89. The van der Waals surface area contributed by atoms with Gasteiger partial charge in [0.2, 0.25) is 0 Å². The zero-order chi connectivity index (χ0) is 12.9. The third-order valence-corrected chi connectivity index (χ3v) is 4.03. The van der Waals surface area contributed by atoms with Crippen molar-refractivity contribution >= 4 is 21.6 Å². The predicted octanol–water partition coefficient (Wildman–Crippen LogP) is 0.342. The summed E-state index contributed by atoms with van der Waals surface area (Å²) in [5, 5.41) is 3.74. The number of nitrogens with zero attached hydrogens (tertiary/aromatic N) is 2. The van der Waals surface area contributed by atoms with E-state index in [1.165, 1.54) is 16.9 Å². The van der Waals surface area contributed by atoms with E-state index >= 15 is 0 Å². The lowest BCUT2D eigenvalue weighted by molar-refractivity contribution is 0.196. The van der Waals surface area contributed by atoms with Crippen LogP contribution in [0.15, 0.2) is 17.3 Å². The van der Waals surface area contributed by atoms with E-state index in [-0.39, 0.29) is 16.9 Å².